The average molecular weight is 1140 g/mol. The molecule has 16 nitrogen and oxygen atoms in total. The van der Waals surface area contributed by atoms with Crippen molar-refractivity contribution in [1.82, 2.24) is 29.8 Å². The second-order valence-corrected chi connectivity index (χ2v) is 21.2. The van der Waals surface area contributed by atoms with E-state index in [0.29, 0.717) is 30.1 Å². The van der Waals surface area contributed by atoms with Crippen LogP contribution in [-0.4, -0.2) is 159 Å². The standard InChI is InChI=1S/C30H43N3O3.C25H35N3O.C4H6O3.C2H3O.BO.ClH.Na.H2O/c1-23-21-31(22-24-11-13-27(35-5)14-12-24)19-20-33(23)28(25-9-7-6-8-10-25)26-15-17-32(18-16-26)29(34)36-30(2,3)4;1-20-18-27(19-21-8-10-24(29-2)11-9-21)16-17-28(20)25(22-6-4-3-5-7-22)23-12-14-26-15-13-23;1-3(5)7-4(2)6;1-2-3;1-2;;;/h6-14,23,26,28H,15-22H2,1-5H3;3-11,20,23,25-26H,12-19H2,1-2H3;1-2H3;1H3;;1H;;1H2/q;;;-1;;;+1;/t23-,28+;20-,25+;;;;;;/m00....../s1. The minimum Gasteiger partial charge on any atom is 1.00 e. The zero-order valence-corrected chi connectivity index (χ0v) is 52.4. The molecule has 0 unspecified atom stereocenters. The van der Waals surface area contributed by atoms with Gasteiger partial charge in [-0.05, 0) is 132 Å². The minimum absolute atomic E-state index is 0. The third kappa shape index (κ3) is 24.9. The number of nitrogens with one attached hydrogen (secondary N) is 1. The second kappa shape index (κ2) is 39.0. The molecule has 0 aliphatic carbocycles. The fourth-order valence-electron chi connectivity index (χ4n) is 11.0. The number of ether oxygens (including phenoxy) is 4. The van der Waals surface area contributed by atoms with Crippen molar-refractivity contribution >= 4 is 44.4 Å². The molecule has 8 rings (SSSR count). The molecule has 1 amide bonds. The van der Waals surface area contributed by atoms with E-state index in [4.69, 9.17) is 23.7 Å². The van der Waals surface area contributed by atoms with Crippen LogP contribution in [0.25, 0.3) is 0 Å². The van der Waals surface area contributed by atoms with Gasteiger partial charge >= 0.3 is 60.0 Å². The Hall–Kier alpha value is -4.53. The van der Waals surface area contributed by atoms with Crippen LogP contribution in [-0.2, 0) is 41.7 Å². The molecule has 4 aliphatic rings. The van der Waals surface area contributed by atoms with Crippen LogP contribution in [0.3, 0.4) is 0 Å². The van der Waals surface area contributed by atoms with E-state index in [-0.39, 0.29) is 53.5 Å². The van der Waals surface area contributed by atoms with Crippen molar-refractivity contribution in [3.63, 3.8) is 0 Å². The number of esters is 2. The molecule has 0 aromatic heterocycles. The summed E-state index contributed by atoms with van der Waals surface area (Å²) in [6, 6.07) is 41.0. The van der Waals surface area contributed by atoms with Crippen LogP contribution in [0, 0.1) is 11.8 Å². The molecule has 0 saturated carbocycles. The van der Waals surface area contributed by atoms with Crippen LogP contribution >= 0.6 is 12.4 Å². The number of piperidine rings is 2. The summed E-state index contributed by atoms with van der Waals surface area (Å²) in [5.41, 5.74) is 5.12. The molecule has 4 heterocycles. The van der Waals surface area contributed by atoms with Crippen molar-refractivity contribution < 1.29 is 77.9 Å². The number of hydrogen-bond acceptors (Lipinski definition) is 14. The summed E-state index contributed by atoms with van der Waals surface area (Å²) in [5, 5.41) is 3.54. The molecule has 4 aliphatic heterocycles. The monoisotopic (exact) mass is 1140 g/mol. The van der Waals surface area contributed by atoms with E-state index >= 15 is 0 Å². The van der Waals surface area contributed by atoms with Crippen molar-refractivity contribution in [2.75, 3.05) is 79.7 Å². The summed E-state index contributed by atoms with van der Waals surface area (Å²) in [6.45, 7) is 26.6. The Morgan fingerprint density at radius 3 is 1.30 bits per heavy atom. The molecule has 3 N–H and O–H groups in total. The molecule has 4 atom stereocenters. The smallest absolute Gasteiger partial charge is 1.00 e. The fourth-order valence-corrected chi connectivity index (χ4v) is 11.0. The Morgan fingerprint density at radius 1 is 0.625 bits per heavy atom. The van der Waals surface area contributed by atoms with Gasteiger partial charge in [0.05, 0.1) is 14.2 Å². The van der Waals surface area contributed by atoms with Crippen LogP contribution < -0.4 is 44.3 Å². The van der Waals surface area contributed by atoms with Gasteiger partial charge in [0.25, 0.3) is 0 Å². The van der Waals surface area contributed by atoms with Gasteiger partial charge in [0.1, 0.15) is 17.1 Å². The first-order valence-electron chi connectivity index (χ1n) is 27.2. The summed E-state index contributed by atoms with van der Waals surface area (Å²) in [6.07, 6.45) is 5.86. The number of methoxy groups -OCH3 is 2. The van der Waals surface area contributed by atoms with Gasteiger partial charge in [-0.1, -0.05) is 84.9 Å². The minimum atomic E-state index is -0.562. The average Bonchev–Trinajstić information content (AvgIpc) is 3.42. The van der Waals surface area contributed by atoms with Crippen LogP contribution in [0.1, 0.15) is 115 Å². The Bertz CT molecular complexity index is 2320. The molecule has 4 saturated heterocycles. The Morgan fingerprint density at radius 2 is 0.988 bits per heavy atom. The number of amides is 1. The van der Waals surface area contributed by atoms with Crippen molar-refractivity contribution in [1.29, 1.82) is 0 Å². The van der Waals surface area contributed by atoms with Crippen molar-refractivity contribution in [2.24, 2.45) is 11.8 Å². The number of rotatable bonds is 12. The molecule has 0 bridgehead atoms. The van der Waals surface area contributed by atoms with Gasteiger partial charge in [0.2, 0.25) is 0 Å². The first-order valence-corrected chi connectivity index (χ1v) is 27.2. The van der Waals surface area contributed by atoms with Crippen LogP contribution in [0.4, 0.5) is 4.79 Å². The molecule has 1 radical (unpaired) electrons. The Kier molecular flexibility index (Phi) is 35.9. The van der Waals surface area contributed by atoms with Gasteiger partial charge in [0, 0.05) is 103 Å². The SMILES string of the molecule is CC(=O)OC(C)=O.COc1ccc(CN2CCN([C@H](c3ccccc3)C3CCN(C(=O)OC(C)(C)C)CC3)[C@@H](C)C2)cc1.COc1ccc(CN2CCN([C@H](c3ccccc3)C3CCNCC3)[C@@H](C)C2)cc1.C[C-]=O.Cl.O.[B]=O.[Na+]. The van der Waals surface area contributed by atoms with E-state index < -0.39 is 17.5 Å². The molecular formula is C61H90BClN6NaO10. The number of benzene rings is 4. The summed E-state index contributed by atoms with van der Waals surface area (Å²) in [7, 11) is 6.68. The maximum atomic E-state index is 12.6. The number of carbonyl (C=O) groups is 3. The molecule has 0 spiro atoms. The van der Waals surface area contributed by atoms with Crippen molar-refractivity contribution in [3.8, 4) is 11.5 Å². The van der Waals surface area contributed by atoms with E-state index in [0.717, 1.165) is 109 Å². The Balaban J connectivity index is 0.000000654. The second-order valence-electron chi connectivity index (χ2n) is 21.2. The number of hydrogen-bond donors (Lipinski definition) is 1. The molecule has 435 valence electrons. The molecule has 80 heavy (non-hydrogen) atoms. The zero-order valence-electron chi connectivity index (χ0n) is 49.6. The number of piperazine rings is 2. The predicted octanol–water partition coefficient (Wildman–Crippen LogP) is 5.85. The largest absolute Gasteiger partial charge is 1.00 e. The number of halogens is 1. The molecule has 19 heteroatoms. The van der Waals surface area contributed by atoms with E-state index in [2.05, 4.69) is 148 Å². The van der Waals surface area contributed by atoms with E-state index in [1.807, 2.05) is 37.8 Å². The maximum absolute atomic E-state index is 12.6. The first-order chi connectivity index (χ1) is 37.0. The van der Waals surface area contributed by atoms with Crippen LogP contribution in [0.5, 0.6) is 11.5 Å². The van der Waals surface area contributed by atoms with Gasteiger partial charge < -0.3 is 39.4 Å². The molecule has 4 fully saturated rings. The van der Waals surface area contributed by atoms with Gasteiger partial charge in [0.15, 0.2) is 0 Å². The summed E-state index contributed by atoms with van der Waals surface area (Å²) in [4.78, 5) is 53.5. The predicted molar refractivity (Wildman–Crippen MR) is 314 cm³/mol. The van der Waals surface area contributed by atoms with Crippen molar-refractivity contribution in [3.05, 3.63) is 131 Å². The zero-order chi connectivity index (χ0) is 56.3. The number of carbonyl (C=O) groups excluding carboxylic acids is 4. The fraction of sp³-hybridized carbons (Fsp3) is 0.541. The normalized spacial score (nSPS) is 18.8. The molecular weight excluding hydrogens is 1050 g/mol. The van der Waals surface area contributed by atoms with E-state index in [1.165, 1.54) is 62.2 Å². The number of likely N-dealkylation sites (tertiary alicyclic amines) is 1. The third-order valence-electron chi connectivity index (χ3n) is 14.4. The summed E-state index contributed by atoms with van der Waals surface area (Å²) >= 11 is 0. The van der Waals surface area contributed by atoms with E-state index in [1.54, 1.807) is 14.2 Å². The third-order valence-corrected chi connectivity index (χ3v) is 14.4. The molecule has 4 aromatic rings. The topological polar surface area (TPSA) is 182 Å². The maximum Gasteiger partial charge on any atom is 1.00 e. The first kappa shape index (κ1) is 73.5. The summed E-state index contributed by atoms with van der Waals surface area (Å²) in [5.74, 6) is 1.97. The van der Waals surface area contributed by atoms with Crippen LogP contribution in [0.2, 0.25) is 0 Å². The Labute approximate surface area is 507 Å². The quantitative estimate of drug-likeness (QED) is 0.0773. The van der Waals surface area contributed by atoms with Gasteiger partial charge in [-0.25, -0.2) is 4.79 Å². The summed E-state index contributed by atoms with van der Waals surface area (Å²) < 4.78 is 28.0. The van der Waals surface area contributed by atoms with Gasteiger partial charge in [-0.3, -0.25) is 35.5 Å². The van der Waals surface area contributed by atoms with Gasteiger partial charge in [-0.15, -0.1) is 12.4 Å². The van der Waals surface area contributed by atoms with Crippen LogP contribution in [0.15, 0.2) is 109 Å². The molecule has 4 aromatic carbocycles. The van der Waals surface area contributed by atoms with E-state index in [9.17, 15) is 14.4 Å². The van der Waals surface area contributed by atoms with Gasteiger partial charge in [-0.2, -0.15) is 6.92 Å². The van der Waals surface area contributed by atoms with Crippen molar-refractivity contribution in [2.45, 2.75) is 124 Å². The number of nitrogens with zero attached hydrogens (tertiary/aromatic N) is 5.